The molecule has 0 aliphatic carbocycles. The van der Waals surface area contributed by atoms with E-state index in [0.29, 0.717) is 25.9 Å². The Bertz CT molecular complexity index is 563. The Morgan fingerprint density at radius 2 is 2.16 bits per heavy atom. The molecule has 0 aliphatic heterocycles. The normalized spacial score (nSPS) is 10.3. The van der Waals surface area contributed by atoms with Gasteiger partial charge in [-0.2, -0.15) is 0 Å². The van der Waals surface area contributed by atoms with Gasteiger partial charge in [0.1, 0.15) is 0 Å². The molecule has 2 aromatic rings. The molecule has 19 heavy (non-hydrogen) atoms. The van der Waals surface area contributed by atoms with Crippen LogP contribution in [0.2, 0.25) is 0 Å². The van der Waals surface area contributed by atoms with E-state index in [9.17, 15) is 9.59 Å². The minimum Gasteiger partial charge on any atom is -0.361 e. The third-order valence-electron chi connectivity index (χ3n) is 2.89. The molecule has 0 radical (unpaired) electrons. The molecule has 1 aromatic heterocycles. The van der Waals surface area contributed by atoms with Crippen LogP contribution in [0.3, 0.4) is 0 Å². The van der Waals surface area contributed by atoms with E-state index in [4.69, 9.17) is 0 Å². The van der Waals surface area contributed by atoms with E-state index in [2.05, 4.69) is 15.6 Å². The number of benzene rings is 1. The molecule has 0 unspecified atom stereocenters. The smallest absolute Gasteiger partial charge is 0.224 e. The molecule has 2 rings (SSSR count). The van der Waals surface area contributed by atoms with Crippen LogP contribution in [0.1, 0.15) is 12.0 Å². The minimum absolute atomic E-state index is 0.00277. The zero-order chi connectivity index (χ0) is 13.5. The highest BCUT2D eigenvalue weighted by Crippen LogP contribution is 2.14. The maximum absolute atomic E-state index is 11.7. The lowest BCUT2D eigenvalue weighted by Crippen LogP contribution is -2.28. The first-order chi connectivity index (χ1) is 9.29. The lowest BCUT2D eigenvalue weighted by molar-refractivity contribution is -0.120. The van der Waals surface area contributed by atoms with Crippen molar-refractivity contribution in [2.45, 2.75) is 12.8 Å². The molecule has 0 saturated heterocycles. The van der Waals surface area contributed by atoms with Crippen molar-refractivity contribution in [3.63, 3.8) is 0 Å². The second kappa shape index (κ2) is 6.58. The molecule has 0 atom stereocenters. The third-order valence-corrected chi connectivity index (χ3v) is 2.89. The zero-order valence-electron chi connectivity index (χ0n) is 10.6. The fourth-order valence-corrected chi connectivity index (χ4v) is 1.93. The van der Waals surface area contributed by atoms with Crippen LogP contribution >= 0.6 is 0 Å². The van der Waals surface area contributed by atoms with E-state index in [1.807, 2.05) is 30.5 Å². The average molecular weight is 259 g/mol. The number of amides is 2. The van der Waals surface area contributed by atoms with Crippen molar-refractivity contribution >= 4 is 23.2 Å². The van der Waals surface area contributed by atoms with E-state index in [0.717, 1.165) is 22.9 Å². The molecule has 1 heterocycles. The lowest BCUT2D eigenvalue weighted by Gasteiger charge is -2.05. The summed E-state index contributed by atoms with van der Waals surface area (Å²) >= 11 is 0. The second-order valence-electron chi connectivity index (χ2n) is 4.35. The fourth-order valence-electron chi connectivity index (χ4n) is 1.93. The van der Waals surface area contributed by atoms with E-state index < -0.39 is 0 Å². The van der Waals surface area contributed by atoms with E-state index >= 15 is 0 Å². The first kappa shape index (κ1) is 13.1. The Labute approximate surface area is 111 Å². The number of nitrogens with one attached hydrogen (secondary N) is 3. The number of carbonyl (C=O) groups excluding carboxylic acids is 2. The van der Waals surface area contributed by atoms with Gasteiger partial charge >= 0.3 is 0 Å². The SMILES string of the molecule is O=CNCCCNC(=O)Cc1ccc2cc[nH]c2c1. The van der Waals surface area contributed by atoms with Gasteiger partial charge in [0, 0.05) is 24.8 Å². The number of hydrogen-bond donors (Lipinski definition) is 3. The van der Waals surface area contributed by atoms with Crippen LogP contribution in [0, 0.1) is 0 Å². The van der Waals surface area contributed by atoms with Crippen LogP contribution in [-0.2, 0) is 16.0 Å². The summed E-state index contributed by atoms with van der Waals surface area (Å²) in [6.07, 6.45) is 3.65. The molecule has 5 heteroatoms. The molecule has 5 nitrogen and oxygen atoms in total. The van der Waals surface area contributed by atoms with Crippen molar-refractivity contribution in [1.29, 1.82) is 0 Å². The van der Waals surface area contributed by atoms with Gasteiger partial charge in [-0.15, -0.1) is 0 Å². The van der Waals surface area contributed by atoms with Crippen molar-refractivity contribution in [1.82, 2.24) is 15.6 Å². The molecule has 1 aromatic carbocycles. The molecule has 0 bridgehead atoms. The molecule has 0 spiro atoms. The molecule has 0 fully saturated rings. The molecule has 100 valence electrons. The third kappa shape index (κ3) is 3.84. The van der Waals surface area contributed by atoms with Crippen molar-refractivity contribution in [2.75, 3.05) is 13.1 Å². The Morgan fingerprint density at radius 1 is 1.26 bits per heavy atom. The lowest BCUT2D eigenvalue weighted by atomic mass is 10.1. The molecule has 0 aliphatic rings. The van der Waals surface area contributed by atoms with Gasteiger partial charge in [-0.25, -0.2) is 0 Å². The average Bonchev–Trinajstić information content (AvgIpc) is 2.86. The summed E-state index contributed by atoms with van der Waals surface area (Å²) in [4.78, 5) is 24.9. The number of carbonyl (C=O) groups is 2. The Morgan fingerprint density at radius 3 is 3.00 bits per heavy atom. The monoisotopic (exact) mass is 259 g/mol. The maximum atomic E-state index is 11.7. The van der Waals surface area contributed by atoms with Crippen LogP contribution in [0.4, 0.5) is 0 Å². The van der Waals surface area contributed by atoms with Crippen molar-refractivity contribution in [3.8, 4) is 0 Å². The summed E-state index contributed by atoms with van der Waals surface area (Å²) in [5, 5.41) is 6.52. The number of aromatic nitrogens is 1. The Hall–Kier alpha value is -2.30. The summed E-state index contributed by atoms with van der Waals surface area (Å²) < 4.78 is 0. The van der Waals surface area contributed by atoms with Gasteiger partial charge in [0.2, 0.25) is 12.3 Å². The van der Waals surface area contributed by atoms with Crippen LogP contribution in [0.15, 0.2) is 30.5 Å². The predicted molar refractivity (Wildman–Crippen MR) is 73.7 cm³/mol. The van der Waals surface area contributed by atoms with Gasteiger partial charge in [0.15, 0.2) is 0 Å². The van der Waals surface area contributed by atoms with E-state index in [1.165, 1.54) is 0 Å². The first-order valence-corrected chi connectivity index (χ1v) is 6.29. The summed E-state index contributed by atoms with van der Waals surface area (Å²) in [5.41, 5.74) is 2.03. The topological polar surface area (TPSA) is 74.0 Å². The van der Waals surface area contributed by atoms with Gasteiger partial charge in [0.25, 0.3) is 0 Å². The molecular formula is C14H17N3O2. The number of hydrogen-bond acceptors (Lipinski definition) is 2. The molecule has 3 N–H and O–H groups in total. The summed E-state index contributed by atoms with van der Waals surface area (Å²) in [5.74, 6) is -0.00277. The van der Waals surface area contributed by atoms with Gasteiger partial charge in [0.05, 0.1) is 6.42 Å². The summed E-state index contributed by atoms with van der Waals surface area (Å²) in [7, 11) is 0. The quantitative estimate of drug-likeness (QED) is 0.512. The predicted octanol–water partition coefficient (Wildman–Crippen LogP) is 0.963. The van der Waals surface area contributed by atoms with Gasteiger partial charge in [-0.05, 0) is 29.5 Å². The molecule has 0 saturated carbocycles. The largest absolute Gasteiger partial charge is 0.361 e. The highest BCUT2D eigenvalue weighted by molar-refractivity contribution is 5.83. The number of fused-ring (bicyclic) bond motifs is 1. The van der Waals surface area contributed by atoms with Crippen LogP contribution in [0.25, 0.3) is 10.9 Å². The van der Waals surface area contributed by atoms with Crippen molar-refractivity contribution < 1.29 is 9.59 Å². The highest BCUT2D eigenvalue weighted by Gasteiger charge is 2.04. The number of rotatable bonds is 7. The molecule has 2 amide bonds. The van der Waals surface area contributed by atoms with Crippen LogP contribution in [-0.4, -0.2) is 30.4 Å². The van der Waals surface area contributed by atoms with E-state index in [-0.39, 0.29) is 5.91 Å². The van der Waals surface area contributed by atoms with Gasteiger partial charge in [-0.1, -0.05) is 12.1 Å². The Kier molecular flexibility index (Phi) is 4.55. The number of H-pyrrole nitrogens is 1. The minimum atomic E-state index is -0.00277. The fraction of sp³-hybridized carbons (Fsp3) is 0.286. The van der Waals surface area contributed by atoms with Crippen molar-refractivity contribution in [2.24, 2.45) is 0 Å². The zero-order valence-corrected chi connectivity index (χ0v) is 10.6. The first-order valence-electron chi connectivity index (χ1n) is 6.29. The maximum Gasteiger partial charge on any atom is 0.224 e. The van der Waals surface area contributed by atoms with Crippen LogP contribution < -0.4 is 10.6 Å². The number of aromatic amines is 1. The van der Waals surface area contributed by atoms with Gasteiger partial charge in [-0.3, -0.25) is 9.59 Å². The van der Waals surface area contributed by atoms with E-state index in [1.54, 1.807) is 0 Å². The second-order valence-corrected chi connectivity index (χ2v) is 4.35. The van der Waals surface area contributed by atoms with Crippen LogP contribution in [0.5, 0.6) is 0 Å². The Balaban J connectivity index is 1.79. The molecular weight excluding hydrogens is 242 g/mol. The highest BCUT2D eigenvalue weighted by atomic mass is 16.1. The summed E-state index contributed by atoms with van der Waals surface area (Å²) in [6.45, 7) is 1.16. The van der Waals surface area contributed by atoms with Gasteiger partial charge < -0.3 is 15.6 Å². The summed E-state index contributed by atoms with van der Waals surface area (Å²) in [6, 6.07) is 7.95. The van der Waals surface area contributed by atoms with Crippen molar-refractivity contribution in [3.05, 3.63) is 36.0 Å². The standard InChI is InChI=1S/C14H17N3O2/c18-10-15-5-1-6-17-14(19)9-11-2-3-12-4-7-16-13(12)8-11/h2-4,7-8,10,16H,1,5-6,9H2,(H,15,18)(H,17,19).